The summed E-state index contributed by atoms with van der Waals surface area (Å²) in [5, 5.41) is 3.02. The number of esters is 1. The lowest BCUT2D eigenvalue weighted by Crippen LogP contribution is -2.28. The first-order chi connectivity index (χ1) is 7.60. The maximum absolute atomic E-state index is 11.6. The second-order valence-electron chi connectivity index (χ2n) is 2.92. The Morgan fingerprint density at radius 1 is 1.88 bits per heavy atom. The van der Waals surface area contributed by atoms with E-state index in [-0.39, 0.29) is 5.97 Å². The number of ether oxygens (including phenoxy) is 1. The Hall–Kier alpha value is -0.360. The fourth-order valence-electron chi connectivity index (χ4n) is 1.12. The lowest BCUT2D eigenvalue weighted by atomic mass is 10.2. The summed E-state index contributed by atoms with van der Waals surface area (Å²) in [6.45, 7) is 4.11. The molecule has 0 aliphatic carbocycles. The number of carbonyl (C=O) groups is 1. The summed E-state index contributed by atoms with van der Waals surface area (Å²) in [6, 6.07) is 1.31. The van der Waals surface area contributed by atoms with Crippen LogP contribution in [0.4, 0.5) is 0 Å². The van der Waals surface area contributed by atoms with E-state index in [2.05, 4.69) is 27.8 Å². The molecule has 16 heavy (non-hydrogen) atoms. The third-order valence-corrected chi connectivity index (χ3v) is 4.39. The molecule has 88 valence electrons. The van der Waals surface area contributed by atoms with Crippen LogP contribution in [0.5, 0.6) is 0 Å². The minimum atomic E-state index is -0.503. The molecule has 6 heteroatoms. The minimum absolute atomic E-state index is 0.340. The molecule has 1 aromatic heterocycles. The van der Waals surface area contributed by atoms with Crippen molar-refractivity contribution in [3.63, 3.8) is 0 Å². The van der Waals surface area contributed by atoms with Crippen LogP contribution in [0.15, 0.2) is 23.2 Å². The van der Waals surface area contributed by atoms with E-state index in [1.54, 1.807) is 6.08 Å². The van der Waals surface area contributed by atoms with Crippen LogP contribution in [0.1, 0.15) is 10.9 Å². The Labute approximate surface area is 112 Å². The van der Waals surface area contributed by atoms with Crippen LogP contribution in [0.25, 0.3) is 0 Å². The molecular formula is C10H11BrClNO2S. The van der Waals surface area contributed by atoms with Gasteiger partial charge >= 0.3 is 5.97 Å². The first kappa shape index (κ1) is 13.7. The first-order valence-electron chi connectivity index (χ1n) is 4.47. The second kappa shape index (κ2) is 6.39. The Bertz CT molecular complexity index is 375. The van der Waals surface area contributed by atoms with Gasteiger partial charge in [0.1, 0.15) is 10.4 Å². The first-order valence-corrected chi connectivity index (χ1v) is 6.45. The SMILES string of the molecule is C=CCNC(C(=O)OC)c1cc(Br)c(Cl)s1. The predicted molar refractivity (Wildman–Crippen MR) is 70.0 cm³/mol. The van der Waals surface area contributed by atoms with Crippen LogP contribution in [-0.4, -0.2) is 19.6 Å². The van der Waals surface area contributed by atoms with Gasteiger partial charge in [0.05, 0.1) is 7.11 Å². The Morgan fingerprint density at radius 3 is 3.00 bits per heavy atom. The topological polar surface area (TPSA) is 38.3 Å². The normalized spacial score (nSPS) is 12.2. The lowest BCUT2D eigenvalue weighted by molar-refractivity contribution is -0.143. The Kier molecular flexibility index (Phi) is 5.48. The summed E-state index contributed by atoms with van der Waals surface area (Å²) in [5.41, 5.74) is 0. The van der Waals surface area contributed by atoms with Gasteiger partial charge in [-0.15, -0.1) is 17.9 Å². The van der Waals surface area contributed by atoms with E-state index in [0.29, 0.717) is 10.9 Å². The number of hydrogen-bond donors (Lipinski definition) is 1. The number of nitrogens with one attached hydrogen (secondary N) is 1. The number of rotatable bonds is 5. The van der Waals surface area contributed by atoms with Crippen molar-refractivity contribution in [3.8, 4) is 0 Å². The maximum atomic E-state index is 11.6. The molecule has 0 amide bonds. The van der Waals surface area contributed by atoms with Gasteiger partial charge in [-0.2, -0.15) is 0 Å². The summed E-state index contributed by atoms with van der Waals surface area (Å²) in [7, 11) is 1.36. The van der Waals surface area contributed by atoms with Crippen molar-refractivity contribution in [2.75, 3.05) is 13.7 Å². The highest BCUT2D eigenvalue weighted by Gasteiger charge is 2.23. The highest BCUT2D eigenvalue weighted by Crippen LogP contribution is 2.35. The summed E-state index contributed by atoms with van der Waals surface area (Å²) in [5.74, 6) is -0.340. The smallest absolute Gasteiger partial charge is 0.328 e. The van der Waals surface area contributed by atoms with E-state index < -0.39 is 6.04 Å². The number of thiophene rings is 1. The van der Waals surface area contributed by atoms with Crippen LogP contribution in [0.3, 0.4) is 0 Å². The van der Waals surface area contributed by atoms with Gasteiger partial charge in [-0.3, -0.25) is 5.32 Å². The average molecular weight is 325 g/mol. The summed E-state index contributed by atoms with van der Waals surface area (Å²) < 4.78 is 6.12. The molecule has 0 fully saturated rings. The largest absolute Gasteiger partial charge is 0.468 e. The van der Waals surface area contributed by atoms with Crippen LogP contribution in [0, 0.1) is 0 Å². The number of hydrogen-bond acceptors (Lipinski definition) is 4. The molecule has 0 spiro atoms. The molecule has 1 rings (SSSR count). The average Bonchev–Trinajstić information content (AvgIpc) is 2.59. The summed E-state index contributed by atoms with van der Waals surface area (Å²) >= 11 is 10.6. The minimum Gasteiger partial charge on any atom is -0.468 e. The summed E-state index contributed by atoms with van der Waals surface area (Å²) in [4.78, 5) is 12.4. The van der Waals surface area contributed by atoms with Crippen molar-refractivity contribution in [2.45, 2.75) is 6.04 Å². The van der Waals surface area contributed by atoms with E-state index >= 15 is 0 Å². The molecule has 1 N–H and O–H groups in total. The van der Waals surface area contributed by atoms with Crippen molar-refractivity contribution in [1.82, 2.24) is 5.32 Å². The molecule has 0 aliphatic rings. The predicted octanol–water partition coefficient (Wildman–Crippen LogP) is 3.15. The van der Waals surface area contributed by atoms with Gasteiger partial charge < -0.3 is 4.74 Å². The lowest BCUT2D eigenvalue weighted by Gasteiger charge is -2.13. The van der Waals surface area contributed by atoms with Crippen LogP contribution < -0.4 is 5.32 Å². The van der Waals surface area contributed by atoms with E-state index in [1.807, 2.05) is 6.07 Å². The fourth-order valence-corrected chi connectivity index (χ4v) is 2.93. The van der Waals surface area contributed by atoms with Crippen molar-refractivity contribution in [2.24, 2.45) is 0 Å². The zero-order valence-corrected chi connectivity index (χ0v) is 11.8. The highest BCUT2D eigenvalue weighted by molar-refractivity contribution is 9.10. The molecule has 1 atom stereocenters. The van der Waals surface area contributed by atoms with E-state index in [1.165, 1.54) is 18.4 Å². The van der Waals surface area contributed by atoms with Gasteiger partial charge in [0.25, 0.3) is 0 Å². The fraction of sp³-hybridized carbons (Fsp3) is 0.300. The molecule has 0 saturated carbocycles. The Balaban J connectivity index is 2.91. The summed E-state index contributed by atoms with van der Waals surface area (Å²) in [6.07, 6.45) is 1.68. The molecule has 1 unspecified atom stereocenters. The van der Waals surface area contributed by atoms with Crippen molar-refractivity contribution >= 4 is 44.8 Å². The number of methoxy groups -OCH3 is 1. The van der Waals surface area contributed by atoms with Crippen LogP contribution in [0.2, 0.25) is 4.34 Å². The van der Waals surface area contributed by atoms with Crippen molar-refractivity contribution < 1.29 is 9.53 Å². The van der Waals surface area contributed by atoms with Gasteiger partial charge in [0.15, 0.2) is 0 Å². The van der Waals surface area contributed by atoms with Gasteiger partial charge in [0.2, 0.25) is 0 Å². The molecule has 0 bridgehead atoms. The van der Waals surface area contributed by atoms with Gasteiger partial charge in [-0.25, -0.2) is 4.79 Å². The monoisotopic (exact) mass is 323 g/mol. The maximum Gasteiger partial charge on any atom is 0.328 e. The molecule has 3 nitrogen and oxygen atoms in total. The third kappa shape index (κ3) is 3.31. The number of halogens is 2. The molecule has 1 aromatic rings. The standard InChI is InChI=1S/C10H11BrClNO2S/c1-3-4-13-8(10(14)15-2)7-5-6(11)9(12)16-7/h3,5,8,13H,1,4H2,2H3. The van der Waals surface area contributed by atoms with Crippen molar-refractivity contribution in [1.29, 1.82) is 0 Å². The Morgan fingerprint density at radius 2 is 2.56 bits per heavy atom. The molecule has 0 radical (unpaired) electrons. The molecule has 0 aliphatic heterocycles. The third-order valence-electron chi connectivity index (χ3n) is 1.85. The van der Waals surface area contributed by atoms with Crippen LogP contribution >= 0.6 is 38.9 Å². The van der Waals surface area contributed by atoms with E-state index in [9.17, 15) is 4.79 Å². The van der Waals surface area contributed by atoms with Gasteiger partial charge in [-0.1, -0.05) is 17.7 Å². The van der Waals surface area contributed by atoms with Gasteiger partial charge in [0, 0.05) is 15.9 Å². The number of carbonyl (C=O) groups excluding carboxylic acids is 1. The molecule has 0 aromatic carbocycles. The van der Waals surface area contributed by atoms with Crippen molar-refractivity contribution in [3.05, 3.63) is 32.4 Å². The molecular weight excluding hydrogens is 314 g/mol. The van der Waals surface area contributed by atoms with E-state index in [4.69, 9.17) is 16.3 Å². The molecule has 0 saturated heterocycles. The van der Waals surface area contributed by atoms with E-state index in [0.717, 1.165) is 9.35 Å². The zero-order chi connectivity index (χ0) is 12.1. The zero-order valence-electron chi connectivity index (χ0n) is 8.63. The highest BCUT2D eigenvalue weighted by atomic mass is 79.9. The van der Waals surface area contributed by atoms with Gasteiger partial charge in [-0.05, 0) is 22.0 Å². The second-order valence-corrected chi connectivity index (χ2v) is 5.46. The quantitative estimate of drug-likeness (QED) is 0.668. The van der Waals surface area contributed by atoms with Crippen LogP contribution in [-0.2, 0) is 9.53 Å². The molecule has 1 heterocycles.